The van der Waals surface area contributed by atoms with Crippen molar-refractivity contribution in [1.82, 2.24) is 0 Å². The zero-order chi connectivity index (χ0) is 8.69. The first-order chi connectivity index (χ1) is 5.13. The van der Waals surface area contributed by atoms with E-state index in [0.717, 1.165) is 22.7 Å². The summed E-state index contributed by atoms with van der Waals surface area (Å²) in [5.41, 5.74) is 2.26. The molecule has 64 valence electrons. The van der Waals surface area contributed by atoms with Crippen molar-refractivity contribution < 1.29 is 3.63 Å². The lowest BCUT2D eigenvalue weighted by Gasteiger charge is -1.99. The molecule has 0 unspecified atom stereocenters. The molecule has 0 bridgehead atoms. The van der Waals surface area contributed by atoms with Crippen LogP contribution in [0.2, 0.25) is 0 Å². The van der Waals surface area contributed by atoms with E-state index in [1.807, 2.05) is 13.8 Å². The molecule has 3 heteroatoms. The average molecular weight is 190 g/mol. The van der Waals surface area contributed by atoms with Gasteiger partial charge in [-0.2, -0.15) is 0 Å². The lowest BCUT2D eigenvalue weighted by molar-refractivity contribution is 0.761. The van der Waals surface area contributed by atoms with Crippen LogP contribution in [-0.4, -0.2) is 11.5 Å². The lowest BCUT2D eigenvalue weighted by Crippen LogP contribution is -1.81. The van der Waals surface area contributed by atoms with E-state index in [0.29, 0.717) is 0 Å². The standard InChI is InChI=1S/C8H14OS2/c1-7(2)5-10-9-11-6-8(3)4/h1,3,5-6H2,2,4H3. The van der Waals surface area contributed by atoms with Gasteiger partial charge in [0.15, 0.2) is 0 Å². The summed E-state index contributed by atoms with van der Waals surface area (Å²) in [5, 5.41) is 0. The Kier molecular flexibility index (Phi) is 6.91. The van der Waals surface area contributed by atoms with Crippen molar-refractivity contribution in [3.05, 3.63) is 24.3 Å². The van der Waals surface area contributed by atoms with E-state index in [2.05, 4.69) is 13.2 Å². The van der Waals surface area contributed by atoms with Crippen LogP contribution in [0.5, 0.6) is 0 Å². The SMILES string of the molecule is C=C(C)CSOSCC(=C)C. The highest BCUT2D eigenvalue weighted by Crippen LogP contribution is 2.18. The van der Waals surface area contributed by atoms with Crippen LogP contribution >= 0.6 is 24.1 Å². The maximum absolute atomic E-state index is 5.17. The van der Waals surface area contributed by atoms with Gasteiger partial charge in [-0.3, -0.25) is 0 Å². The van der Waals surface area contributed by atoms with Gasteiger partial charge in [0.2, 0.25) is 0 Å². The quantitative estimate of drug-likeness (QED) is 0.361. The first kappa shape index (κ1) is 11.1. The zero-order valence-corrected chi connectivity index (χ0v) is 8.69. The summed E-state index contributed by atoms with van der Waals surface area (Å²) in [4.78, 5) is 0. The van der Waals surface area contributed by atoms with Gasteiger partial charge in [0.25, 0.3) is 0 Å². The minimum absolute atomic E-state index is 0.864. The molecule has 0 aromatic rings. The van der Waals surface area contributed by atoms with Crippen LogP contribution in [0.4, 0.5) is 0 Å². The smallest absolute Gasteiger partial charge is 0.0415 e. The van der Waals surface area contributed by atoms with Gasteiger partial charge >= 0.3 is 0 Å². The Morgan fingerprint density at radius 1 is 1.09 bits per heavy atom. The van der Waals surface area contributed by atoms with Gasteiger partial charge in [0.1, 0.15) is 0 Å². The molecule has 0 aliphatic carbocycles. The van der Waals surface area contributed by atoms with Crippen molar-refractivity contribution in [2.24, 2.45) is 0 Å². The first-order valence-corrected chi connectivity index (χ1v) is 5.15. The fourth-order valence-corrected chi connectivity index (χ4v) is 1.34. The normalized spacial score (nSPS) is 9.64. The van der Waals surface area contributed by atoms with Crippen LogP contribution in [0.15, 0.2) is 24.3 Å². The van der Waals surface area contributed by atoms with Gasteiger partial charge < -0.3 is 0 Å². The Labute approximate surface area is 77.7 Å². The molecule has 11 heavy (non-hydrogen) atoms. The fourth-order valence-electron chi connectivity index (χ4n) is 0.283. The van der Waals surface area contributed by atoms with E-state index < -0.39 is 0 Å². The Morgan fingerprint density at radius 3 is 1.73 bits per heavy atom. The maximum Gasteiger partial charge on any atom is 0.0415 e. The van der Waals surface area contributed by atoms with E-state index >= 15 is 0 Å². The first-order valence-electron chi connectivity index (χ1n) is 3.32. The van der Waals surface area contributed by atoms with Crippen molar-refractivity contribution in [1.29, 1.82) is 0 Å². The molecule has 0 heterocycles. The Hall–Kier alpha value is 0.140. The van der Waals surface area contributed by atoms with Crippen LogP contribution in [0.3, 0.4) is 0 Å². The third kappa shape index (κ3) is 10.1. The third-order valence-corrected chi connectivity index (χ3v) is 2.70. The molecule has 0 aromatic heterocycles. The van der Waals surface area contributed by atoms with E-state index in [4.69, 9.17) is 3.63 Å². The van der Waals surface area contributed by atoms with Crippen LogP contribution < -0.4 is 0 Å². The number of hydrogen-bond acceptors (Lipinski definition) is 3. The Morgan fingerprint density at radius 2 is 1.45 bits per heavy atom. The molecule has 0 N–H and O–H groups in total. The van der Waals surface area contributed by atoms with Gasteiger partial charge in [-0.1, -0.05) is 24.3 Å². The van der Waals surface area contributed by atoms with E-state index in [-0.39, 0.29) is 0 Å². The highest BCUT2D eigenvalue weighted by molar-refractivity contribution is 8.08. The summed E-state index contributed by atoms with van der Waals surface area (Å²) in [7, 11) is 0. The Balaban J connectivity index is 3.03. The molecule has 0 atom stereocenters. The van der Waals surface area contributed by atoms with Gasteiger partial charge in [0, 0.05) is 35.6 Å². The van der Waals surface area contributed by atoms with Gasteiger partial charge in [-0.05, 0) is 13.8 Å². The molecule has 0 aromatic carbocycles. The van der Waals surface area contributed by atoms with Crippen molar-refractivity contribution >= 4 is 24.1 Å². The summed E-state index contributed by atoms with van der Waals surface area (Å²) < 4.78 is 5.17. The molecule has 0 amide bonds. The van der Waals surface area contributed by atoms with Gasteiger partial charge in [-0.25, -0.2) is 3.63 Å². The molecule has 0 saturated heterocycles. The highest BCUT2D eigenvalue weighted by Gasteiger charge is 1.91. The minimum atomic E-state index is 0.864. The number of hydrogen-bond donors (Lipinski definition) is 0. The molecule has 1 nitrogen and oxygen atoms in total. The summed E-state index contributed by atoms with van der Waals surface area (Å²) >= 11 is 2.85. The van der Waals surface area contributed by atoms with Crippen LogP contribution in [0.25, 0.3) is 0 Å². The molecule has 0 fully saturated rings. The van der Waals surface area contributed by atoms with Crippen molar-refractivity contribution in [3.63, 3.8) is 0 Å². The van der Waals surface area contributed by atoms with Crippen molar-refractivity contribution in [2.75, 3.05) is 11.5 Å². The second-order valence-corrected chi connectivity index (χ2v) is 4.10. The summed E-state index contributed by atoms with van der Waals surface area (Å²) in [6.45, 7) is 11.5. The number of rotatable bonds is 6. The third-order valence-electron chi connectivity index (χ3n) is 0.707. The van der Waals surface area contributed by atoms with Crippen molar-refractivity contribution in [3.8, 4) is 0 Å². The molecule has 0 spiro atoms. The van der Waals surface area contributed by atoms with Gasteiger partial charge in [0.05, 0.1) is 0 Å². The fraction of sp³-hybridized carbons (Fsp3) is 0.500. The monoisotopic (exact) mass is 190 g/mol. The molecular weight excluding hydrogens is 176 g/mol. The molecule has 0 saturated carbocycles. The maximum atomic E-state index is 5.17. The lowest BCUT2D eigenvalue weighted by atomic mass is 10.4. The zero-order valence-electron chi connectivity index (χ0n) is 7.05. The topological polar surface area (TPSA) is 9.23 Å². The van der Waals surface area contributed by atoms with Crippen LogP contribution in [0.1, 0.15) is 13.8 Å². The molecule has 0 radical (unpaired) electrons. The second-order valence-electron chi connectivity index (χ2n) is 2.51. The second kappa shape index (κ2) is 6.83. The Bertz CT molecular complexity index is 127. The average Bonchev–Trinajstić information content (AvgIpc) is 1.85. The molecular formula is C8H14OS2. The predicted molar refractivity (Wildman–Crippen MR) is 55.6 cm³/mol. The highest BCUT2D eigenvalue weighted by atomic mass is 32.2. The minimum Gasteiger partial charge on any atom is -0.247 e. The largest absolute Gasteiger partial charge is 0.247 e. The summed E-state index contributed by atoms with van der Waals surface area (Å²) in [6.07, 6.45) is 0. The summed E-state index contributed by atoms with van der Waals surface area (Å²) in [5.74, 6) is 1.73. The molecule has 0 aliphatic rings. The van der Waals surface area contributed by atoms with E-state index in [1.165, 1.54) is 24.1 Å². The van der Waals surface area contributed by atoms with Crippen molar-refractivity contribution in [2.45, 2.75) is 13.8 Å². The molecule has 0 rings (SSSR count). The van der Waals surface area contributed by atoms with E-state index in [9.17, 15) is 0 Å². The summed E-state index contributed by atoms with van der Waals surface area (Å²) in [6, 6.07) is 0. The van der Waals surface area contributed by atoms with Gasteiger partial charge in [-0.15, -0.1) is 0 Å². The van der Waals surface area contributed by atoms with E-state index in [1.54, 1.807) is 0 Å². The van der Waals surface area contributed by atoms with Crippen LogP contribution in [-0.2, 0) is 3.63 Å². The van der Waals surface area contributed by atoms with Crippen LogP contribution in [0, 0.1) is 0 Å². The predicted octanol–water partition coefficient (Wildman–Crippen LogP) is 3.45. The molecule has 0 aliphatic heterocycles.